The van der Waals surface area contributed by atoms with Gasteiger partial charge in [-0.3, -0.25) is 4.79 Å². The summed E-state index contributed by atoms with van der Waals surface area (Å²) in [6.45, 7) is 1.08. The van der Waals surface area contributed by atoms with Crippen LogP contribution in [0.4, 0.5) is 0 Å². The van der Waals surface area contributed by atoms with Crippen LogP contribution in [0, 0.1) is 0 Å². The van der Waals surface area contributed by atoms with Crippen molar-refractivity contribution in [2.45, 2.75) is 12.5 Å². The van der Waals surface area contributed by atoms with Crippen molar-refractivity contribution in [3.8, 4) is 0 Å². The van der Waals surface area contributed by atoms with Crippen LogP contribution in [0.2, 0.25) is 5.02 Å². The highest BCUT2D eigenvalue weighted by Gasteiger charge is 2.32. The monoisotopic (exact) mass is 338 g/mol. The van der Waals surface area contributed by atoms with Gasteiger partial charge in [-0.25, -0.2) is 9.97 Å². The van der Waals surface area contributed by atoms with E-state index in [0.29, 0.717) is 23.8 Å². The molecule has 1 aliphatic rings. The SMILES string of the molecule is O=C(c1ccc(Cl)cn1)N1Cc2[nH]cnc2C(c2ccccc2)C1. The van der Waals surface area contributed by atoms with Crippen LogP contribution in [-0.4, -0.2) is 32.3 Å². The van der Waals surface area contributed by atoms with Gasteiger partial charge in [0.25, 0.3) is 5.91 Å². The molecule has 0 bridgehead atoms. The Balaban J connectivity index is 1.67. The minimum Gasteiger partial charge on any atom is -0.347 e. The molecule has 0 saturated heterocycles. The molecule has 0 saturated carbocycles. The zero-order valence-corrected chi connectivity index (χ0v) is 13.6. The Morgan fingerprint density at radius 2 is 2.00 bits per heavy atom. The average molecular weight is 339 g/mol. The first-order chi connectivity index (χ1) is 11.7. The van der Waals surface area contributed by atoms with Gasteiger partial charge >= 0.3 is 0 Å². The molecule has 3 aromatic rings. The normalized spacial score (nSPS) is 16.7. The molecule has 0 radical (unpaired) electrons. The number of carbonyl (C=O) groups excluding carboxylic acids is 1. The first-order valence-electron chi connectivity index (χ1n) is 7.70. The number of pyridine rings is 1. The zero-order valence-electron chi connectivity index (χ0n) is 12.8. The Kier molecular flexibility index (Phi) is 3.78. The minimum absolute atomic E-state index is 0.0532. The fourth-order valence-corrected chi connectivity index (χ4v) is 3.20. The molecule has 4 rings (SSSR count). The number of nitrogens with one attached hydrogen (secondary N) is 1. The van der Waals surface area contributed by atoms with Crippen LogP contribution in [-0.2, 0) is 6.54 Å². The molecule has 3 heterocycles. The predicted octanol–water partition coefficient (Wildman–Crippen LogP) is 3.25. The molecule has 1 aromatic carbocycles. The Bertz CT molecular complexity index is 860. The summed E-state index contributed by atoms with van der Waals surface area (Å²) in [7, 11) is 0. The summed E-state index contributed by atoms with van der Waals surface area (Å²) in [6.07, 6.45) is 3.18. The number of fused-ring (bicyclic) bond motifs is 1. The van der Waals surface area contributed by atoms with E-state index in [1.54, 1.807) is 23.4 Å². The van der Waals surface area contributed by atoms with Crippen molar-refractivity contribution in [1.29, 1.82) is 0 Å². The van der Waals surface area contributed by atoms with Crippen molar-refractivity contribution in [3.63, 3.8) is 0 Å². The summed E-state index contributed by atoms with van der Waals surface area (Å²) >= 11 is 5.86. The van der Waals surface area contributed by atoms with E-state index in [2.05, 4.69) is 27.1 Å². The van der Waals surface area contributed by atoms with E-state index in [0.717, 1.165) is 17.0 Å². The molecular weight excluding hydrogens is 324 g/mol. The number of aromatic nitrogens is 3. The number of H-pyrrole nitrogens is 1. The first-order valence-corrected chi connectivity index (χ1v) is 8.08. The molecule has 5 nitrogen and oxygen atoms in total. The van der Waals surface area contributed by atoms with E-state index in [1.807, 2.05) is 18.2 Å². The number of aromatic amines is 1. The van der Waals surface area contributed by atoms with Crippen LogP contribution in [0.25, 0.3) is 0 Å². The third-order valence-corrected chi connectivity index (χ3v) is 4.49. The number of benzene rings is 1. The maximum Gasteiger partial charge on any atom is 0.272 e. The molecular formula is C18H15ClN4O. The lowest BCUT2D eigenvalue weighted by Gasteiger charge is -2.32. The zero-order chi connectivity index (χ0) is 16.5. The molecule has 1 N–H and O–H groups in total. The summed E-state index contributed by atoms with van der Waals surface area (Å²) in [5, 5.41) is 0.517. The number of nitrogens with zero attached hydrogens (tertiary/aromatic N) is 3. The Morgan fingerprint density at radius 1 is 1.17 bits per heavy atom. The highest BCUT2D eigenvalue weighted by molar-refractivity contribution is 6.30. The second-order valence-corrected chi connectivity index (χ2v) is 6.21. The van der Waals surface area contributed by atoms with Crippen LogP contribution in [0.1, 0.15) is 33.4 Å². The van der Waals surface area contributed by atoms with Crippen molar-refractivity contribution >= 4 is 17.5 Å². The summed E-state index contributed by atoms with van der Waals surface area (Å²) in [5.74, 6) is -0.0507. The van der Waals surface area contributed by atoms with Crippen molar-refractivity contribution in [2.75, 3.05) is 6.54 Å². The molecule has 2 aromatic heterocycles. The first kappa shape index (κ1) is 14.9. The molecule has 1 unspecified atom stereocenters. The van der Waals surface area contributed by atoms with Gasteiger partial charge in [-0.15, -0.1) is 0 Å². The Hall–Kier alpha value is -2.66. The van der Waals surface area contributed by atoms with Gasteiger partial charge in [0.1, 0.15) is 5.69 Å². The maximum atomic E-state index is 12.8. The van der Waals surface area contributed by atoms with E-state index in [-0.39, 0.29) is 11.8 Å². The summed E-state index contributed by atoms with van der Waals surface area (Å²) < 4.78 is 0. The molecule has 0 spiro atoms. The highest BCUT2D eigenvalue weighted by atomic mass is 35.5. The smallest absolute Gasteiger partial charge is 0.272 e. The number of halogens is 1. The predicted molar refractivity (Wildman–Crippen MR) is 90.9 cm³/mol. The van der Waals surface area contributed by atoms with E-state index >= 15 is 0 Å². The van der Waals surface area contributed by atoms with Crippen LogP contribution in [0.3, 0.4) is 0 Å². The highest BCUT2D eigenvalue weighted by Crippen LogP contribution is 2.31. The summed E-state index contributed by atoms with van der Waals surface area (Å²) in [6, 6.07) is 13.5. The maximum absolute atomic E-state index is 12.8. The van der Waals surface area contributed by atoms with Gasteiger partial charge in [-0.05, 0) is 17.7 Å². The molecule has 1 aliphatic heterocycles. The van der Waals surface area contributed by atoms with Gasteiger partial charge < -0.3 is 9.88 Å². The Labute approximate surface area is 144 Å². The van der Waals surface area contributed by atoms with Crippen molar-refractivity contribution in [2.24, 2.45) is 0 Å². The topological polar surface area (TPSA) is 61.9 Å². The fraction of sp³-hybridized carbons (Fsp3) is 0.167. The average Bonchev–Trinajstić information content (AvgIpc) is 3.10. The van der Waals surface area contributed by atoms with Gasteiger partial charge in [-0.2, -0.15) is 0 Å². The van der Waals surface area contributed by atoms with Crippen LogP contribution in [0.5, 0.6) is 0 Å². The lowest BCUT2D eigenvalue weighted by atomic mass is 9.91. The van der Waals surface area contributed by atoms with E-state index in [1.165, 1.54) is 6.20 Å². The van der Waals surface area contributed by atoms with Crippen LogP contribution < -0.4 is 0 Å². The molecule has 0 fully saturated rings. The standard InChI is InChI=1S/C18H15ClN4O/c19-13-6-7-15(20-8-13)18(24)23-9-14(12-4-2-1-3-5-12)17-16(10-23)21-11-22-17/h1-8,11,14H,9-10H2,(H,21,22). The molecule has 1 amide bonds. The molecule has 24 heavy (non-hydrogen) atoms. The Morgan fingerprint density at radius 3 is 2.75 bits per heavy atom. The molecule has 1 atom stereocenters. The summed E-state index contributed by atoms with van der Waals surface area (Å²) in [5.41, 5.74) is 3.52. The number of hydrogen-bond acceptors (Lipinski definition) is 3. The van der Waals surface area contributed by atoms with Crippen LogP contribution in [0.15, 0.2) is 55.0 Å². The third kappa shape index (κ3) is 2.67. The van der Waals surface area contributed by atoms with Gasteiger partial charge in [0.05, 0.1) is 29.3 Å². The van der Waals surface area contributed by atoms with Crippen LogP contribution >= 0.6 is 11.6 Å². The summed E-state index contributed by atoms with van der Waals surface area (Å²) in [4.78, 5) is 26.4. The number of amides is 1. The van der Waals surface area contributed by atoms with E-state index < -0.39 is 0 Å². The number of hydrogen-bond donors (Lipinski definition) is 1. The van der Waals surface area contributed by atoms with E-state index in [9.17, 15) is 4.79 Å². The molecule has 120 valence electrons. The van der Waals surface area contributed by atoms with Gasteiger partial charge in [-0.1, -0.05) is 41.9 Å². The van der Waals surface area contributed by atoms with Gasteiger partial charge in [0.2, 0.25) is 0 Å². The quantitative estimate of drug-likeness (QED) is 0.780. The number of rotatable bonds is 2. The second-order valence-electron chi connectivity index (χ2n) is 5.78. The van der Waals surface area contributed by atoms with Crippen molar-refractivity contribution in [1.82, 2.24) is 19.9 Å². The lowest BCUT2D eigenvalue weighted by molar-refractivity contribution is 0.0716. The number of carbonyl (C=O) groups is 1. The molecule has 0 aliphatic carbocycles. The largest absolute Gasteiger partial charge is 0.347 e. The second kappa shape index (κ2) is 6.09. The van der Waals surface area contributed by atoms with Gasteiger partial charge in [0.15, 0.2) is 0 Å². The minimum atomic E-state index is -0.104. The lowest BCUT2D eigenvalue weighted by Crippen LogP contribution is -2.39. The fourth-order valence-electron chi connectivity index (χ4n) is 3.09. The van der Waals surface area contributed by atoms with Gasteiger partial charge in [0, 0.05) is 18.7 Å². The molecule has 6 heteroatoms. The van der Waals surface area contributed by atoms with Crippen molar-refractivity contribution < 1.29 is 4.79 Å². The number of imidazole rings is 1. The van der Waals surface area contributed by atoms with Crippen molar-refractivity contribution in [3.05, 3.63) is 82.7 Å². The third-order valence-electron chi connectivity index (χ3n) is 4.27. The van der Waals surface area contributed by atoms with E-state index in [4.69, 9.17) is 11.6 Å².